The fourth-order valence-corrected chi connectivity index (χ4v) is 3.07. The van der Waals surface area contributed by atoms with Gasteiger partial charge in [-0.2, -0.15) is 0 Å². The molecule has 4 rings (SSSR count). The van der Waals surface area contributed by atoms with Crippen molar-refractivity contribution >= 4 is 5.95 Å². The monoisotopic (exact) mass is 413 g/mol. The van der Waals surface area contributed by atoms with E-state index in [1.807, 2.05) is 55.5 Å². The normalized spacial score (nSPS) is 10.6. The van der Waals surface area contributed by atoms with Gasteiger partial charge in [-0.25, -0.2) is 15.0 Å². The summed E-state index contributed by atoms with van der Waals surface area (Å²) in [5.41, 5.74) is 3.63. The second kappa shape index (κ2) is 9.67. The maximum absolute atomic E-state index is 12.3. The van der Waals surface area contributed by atoms with Gasteiger partial charge in [-0.15, -0.1) is 0 Å². The molecule has 0 radical (unpaired) electrons. The summed E-state index contributed by atoms with van der Waals surface area (Å²) in [6.45, 7) is 2.69. The molecule has 2 heterocycles. The third kappa shape index (κ3) is 5.76. The minimum atomic E-state index is -0.168. The highest BCUT2D eigenvalue weighted by molar-refractivity contribution is 5.35. The molecule has 7 heteroatoms. The Morgan fingerprint density at radius 3 is 2.26 bits per heavy atom. The van der Waals surface area contributed by atoms with Gasteiger partial charge >= 0.3 is 0 Å². The number of aromatic nitrogens is 4. The van der Waals surface area contributed by atoms with E-state index in [2.05, 4.69) is 25.3 Å². The zero-order valence-electron chi connectivity index (χ0n) is 17.2. The minimum absolute atomic E-state index is 0.168. The highest BCUT2D eigenvalue weighted by Crippen LogP contribution is 2.22. The van der Waals surface area contributed by atoms with E-state index in [0.29, 0.717) is 24.5 Å². The standard InChI is InChI=1S/C24H23N5O2/c1-17-2-6-21(7-3-17)31-22-8-4-18(5-9-22)10-11-27-24-28-15-20(23(30)29-24)12-19-13-25-16-26-14-19/h2-9,13-16H,10-12H2,1H3,(H2,27,28,29,30). The summed E-state index contributed by atoms with van der Waals surface area (Å²) in [7, 11) is 0. The lowest BCUT2D eigenvalue weighted by Gasteiger charge is -2.08. The Morgan fingerprint density at radius 1 is 0.903 bits per heavy atom. The van der Waals surface area contributed by atoms with Gasteiger partial charge in [0.15, 0.2) is 0 Å². The van der Waals surface area contributed by atoms with Crippen molar-refractivity contribution in [1.29, 1.82) is 0 Å². The summed E-state index contributed by atoms with van der Waals surface area (Å²) >= 11 is 0. The third-order valence-electron chi connectivity index (χ3n) is 4.77. The Balaban J connectivity index is 1.28. The van der Waals surface area contributed by atoms with Crippen LogP contribution in [0.3, 0.4) is 0 Å². The Hall–Kier alpha value is -4.00. The van der Waals surface area contributed by atoms with Crippen LogP contribution >= 0.6 is 0 Å². The zero-order chi connectivity index (χ0) is 21.5. The summed E-state index contributed by atoms with van der Waals surface area (Å²) < 4.78 is 5.86. The molecule has 156 valence electrons. The molecule has 0 aliphatic carbocycles. The highest BCUT2D eigenvalue weighted by Gasteiger charge is 2.05. The van der Waals surface area contributed by atoms with Gasteiger partial charge in [0.2, 0.25) is 5.95 Å². The lowest BCUT2D eigenvalue weighted by Crippen LogP contribution is -2.18. The molecule has 7 nitrogen and oxygen atoms in total. The second-order valence-corrected chi connectivity index (χ2v) is 7.25. The van der Waals surface area contributed by atoms with Gasteiger partial charge in [0.25, 0.3) is 5.56 Å². The largest absolute Gasteiger partial charge is 0.457 e. The molecule has 2 aromatic carbocycles. The molecule has 0 spiro atoms. The van der Waals surface area contributed by atoms with E-state index >= 15 is 0 Å². The fraction of sp³-hybridized carbons (Fsp3) is 0.167. The van der Waals surface area contributed by atoms with Crippen molar-refractivity contribution in [1.82, 2.24) is 19.9 Å². The molecule has 0 aliphatic heterocycles. The van der Waals surface area contributed by atoms with Crippen LogP contribution in [0, 0.1) is 6.92 Å². The first kappa shape index (κ1) is 20.3. The summed E-state index contributed by atoms with van der Waals surface area (Å²) in [6, 6.07) is 15.9. The Morgan fingerprint density at radius 2 is 1.58 bits per heavy atom. The molecule has 0 saturated heterocycles. The molecular formula is C24H23N5O2. The van der Waals surface area contributed by atoms with Crippen LogP contribution in [0.5, 0.6) is 11.5 Å². The molecule has 2 N–H and O–H groups in total. The molecular weight excluding hydrogens is 390 g/mol. The average molecular weight is 413 g/mol. The first-order valence-electron chi connectivity index (χ1n) is 10.0. The Bertz CT molecular complexity index is 1170. The van der Waals surface area contributed by atoms with E-state index < -0.39 is 0 Å². The number of hydrogen-bond donors (Lipinski definition) is 2. The zero-order valence-corrected chi connectivity index (χ0v) is 17.2. The lowest BCUT2D eigenvalue weighted by molar-refractivity contribution is 0.482. The number of anilines is 1. The SMILES string of the molecule is Cc1ccc(Oc2ccc(CCNc3ncc(Cc4cncnc4)c(=O)[nH]3)cc2)cc1. The van der Waals surface area contributed by atoms with Crippen molar-refractivity contribution in [2.24, 2.45) is 0 Å². The number of nitrogens with one attached hydrogen (secondary N) is 2. The maximum Gasteiger partial charge on any atom is 0.255 e. The molecule has 4 aromatic rings. The van der Waals surface area contributed by atoms with Gasteiger partial charge < -0.3 is 10.1 Å². The quantitative estimate of drug-likeness (QED) is 0.455. The number of H-pyrrole nitrogens is 1. The van der Waals surface area contributed by atoms with E-state index in [-0.39, 0.29) is 5.56 Å². The van der Waals surface area contributed by atoms with Gasteiger partial charge in [-0.05, 0) is 48.7 Å². The Kier molecular flexibility index (Phi) is 6.32. The van der Waals surface area contributed by atoms with Crippen LogP contribution in [0.15, 0.2) is 78.2 Å². The fourth-order valence-electron chi connectivity index (χ4n) is 3.07. The van der Waals surface area contributed by atoms with Crippen molar-refractivity contribution in [3.8, 4) is 11.5 Å². The van der Waals surface area contributed by atoms with Gasteiger partial charge in [0.05, 0.1) is 0 Å². The maximum atomic E-state index is 12.3. The van der Waals surface area contributed by atoms with E-state index in [1.54, 1.807) is 18.6 Å². The molecule has 0 fully saturated rings. The van der Waals surface area contributed by atoms with E-state index in [0.717, 1.165) is 29.0 Å². The van der Waals surface area contributed by atoms with Crippen molar-refractivity contribution < 1.29 is 4.74 Å². The third-order valence-corrected chi connectivity index (χ3v) is 4.77. The first-order chi connectivity index (χ1) is 15.2. The predicted molar refractivity (Wildman–Crippen MR) is 120 cm³/mol. The van der Waals surface area contributed by atoms with Crippen molar-refractivity contribution in [2.75, 3.05) is 11.9 Å². The van der Waals surface area contributed by atoms with E-state index in [4.69, 9.17) is 4.74 Å². The van der Waals surface area contributed by atoms with E-state index in [9.17, 15) is 4.79 Å². The van der Waals surface area contributed by atoms with E-state index in [1.165, 1.54) is 11.9 Å². The van der Waals surface area contributed by atoms with Gasteiger partial charge in [-0.1, -0.05) is 29.8 Å². The van der Waals surface area contributed by atoms with Crippen molar-refractivity contribution in [2.45, 2.75) is 19.8 Å². The number of ether oxygens (including phenoxy) is 1. The number of aryl methyl sites for hydroxylation is 1. The number of rotatable bonds is 8. The summed E-state index contributed by atoms with van der Waals surface area (Å²) in [5.74, 6) is 2.07. The predicted octanol–water partition coefficient (Wildman–Crippen LogP) is 3.91. The molecule has 0 atom stereocenters. The van der Waals surface area contributed by atoms with Gasteiger partial charge in [0.1, 0.15) is 17.8 Å². The summed E-state index contributed by atoms with van der Waals surface area (Å²) in [4.78, 5) is 27.3. The van der Waals surface area contributed by atoms with Crippen LogP contribution in [0.25, 0.3) is 0 Å². The molecule has 31 heavy (non-hydrogen) atoms. The topological polar surface area (TPSA) is 92.8 Å². The Labute approximate surface area is 180 Å². The summed E-state index contributed by atoms with van der Waals surface area (Å²) in [6.07, 6.45) is 7.67. The number of aromatic amines is 1. The molecule has 0 amide bonds. The lowest BCUT2D eigenvalue weighted by atomic mass is 10.1. The van der Waals surface area contributed by atoms with Crippen LogP contribution < -0.4 is 15.6 Å². The molecule has 0 unspecified atom stereocenters. The van der Waals surface area contributed by atoms with Crippen LogP contribution in [0.1, 0.15) is 22.3 Å². The van der Waals surface area contributed by atoms with Gasteiger partial charge in [0, 0.05) is 37.1 Å². The number of hydrogen-bond acceptors (Lipinski definition) is 6. The van der Waals surface area contributed by atoms with Crippen LogP contribution in [-0.4, -0.2) is 26.5 Å². The average Bonchev–Trinajstić information content (AvgIpc) is 2.79. The van der Waals surface area contributed by atoms with Crippen LogP contribution in [0.2, 0.25) is 0 Å². The highest BCUT2D eigenvalue weighted by atomic mass is 16.5. The van der Waals surface area contributed by atoms with Crippen molar-refractivity contribution in [3.05, 3.63) is 106 Å². The molecule has 2 aromatic heterocycles. The number of nitrogens with zero attached hydrogens (tertiary/aromatic N) is 3. The van der Waals surface area contributed by atoms with Crippen molar-refractivity contribution in [3.63, 3.8) is 0 Å². The van der Waals surface area contributed by atoms with Crippen LogP contribution in [0.4, 0.5) is 5.95 Å². The molecule has 0 aliphatic rings. The molecule has 0 saturated carbocycles. The summed E-state index contributed by atoms with van der Waals surface area (Å²) in [5, 5.41) is 3.16. The first-order valence-corrected chi connectivity index (χ1v) is 10.0. The van der Waals surface area contributed by atoms with Gasteiger partial charge in [-0.3, -0.25) is 9.78 Å². The molecule has 0 bridgehead atoms. The smallest absolute Gasteiger partial charge is 0.255 e. The number of benzene rings is 2. The van der Waals surface area contributed by atoms with Crippen LogP contribution in [-0.2, 0) is 12.8 Å². The second-order valence-electron chi connectivity index (χ2n) is 7.25. The minimum Gasteiger partial charge on any atom is -0.457 e.